The van der Waals surface area contributed by atoms with Crippen molar-refractivity contribution in [3.05, 3.63) is 65.9 Å². The Morgan fingerprint density at radius 3 is 2.96 bits per heavy atom. The van der Waals surface area contributed by atoms with Gasteiger partial charge in [-0.25, -0.2) is 4.98 Å². The molecule has 1 aliphatic rings. The zero-order valence-corrected chi connectivity index (χ0v) is 15.3. The number of amides is 1. The molecule has 1 N–H and O–H groups in total. The third kappa shape index (κ3) is 4.09. The van der Waals surface area contributed by atoms with Crippen LogP contribution < -0.4 is 10.1 Å². The van der Waals surface area contributed by atoms with Crippen LogP contribution in [0.15, 0.2) is 54.6 Å². The predicted octanol–water partition coefficient (Wildman–Crippen LogP) is 4.35. The topological polar surface area (TPSA) is 60.5 Å². The zero-order chi connectivity index (χ0) is 18.6. The fraction of sp³-hybridized carbons (Fsp3) is 0.273. The number of aromatic nitrogens is 1. The van der Waals surface area contributed by atoms with Gasteiger partial charge in [0.15, 0.2) is 0 Å². The number of carbonyl (C=O) groups is 1. The Kier molecular flexibility index (Phi) is 5.03. The lowest BCUT2D eigenvalue weighted by molar-refractivity contribution is 0.0681. The number of hydrogen-bond acceptors (Lipinski definition) is 4. The monoisotopic (exact) mass is 362 g/mol. The van der Waals surface area contributed by atoms with Gasteiger partial charge in [0.2, 0.25) is 0 Å². The van der Waals surface area contributed by atoms with Crippen molar-refractivity contribution in [3.8, 4) is 5.75 Å². The molecule has 1 fully saturated rings. The van der Waals surface area contributed by atoms with Crippen molar-refractivity contribution in [2.75, 3.05) is 18.5 Å². The molecule has 5 heteroatoms. The Balaban J connectivity index is 1.52. The van der Waals surface area contributed by atoms with E-state index in [0.29, 0.717) is 23.7 Å². The first-order valence-electron chi connectivity index (χ1n) is 9.21. The molecule has 0 bridgehead atoms. The lowest BCUT2D eigenvalue weighted by Crippen LogP contribution is -2.18. The van der Waals surface area contributed by atoms with Crippen LogP contribution in [0.25, 0.3) is 10.9 Å². The third-order valence-corrected chi connectivity index (χ3v) is 4.67. The molecule has 1 aromatic heterocycles. The maximum absolute atomic E-state index is 12.7. The average Bonchev–Trinajstić information content (AvgIpc) is 3.21. The summed E-state index contributed by atoms with van der Waals surface area (Å²) in [6, 6.07) is 17.1. The van der Waals surface area contributed by atoms with Gasteiger partial charge in [0.25, 0.3) is 5.91 Å². The molecule has 1 aliphatic heterocycles. The van der Waals surface area contributed by atoms with E-state index in [-0.39, 0.29) is 12.0 Å². The van der Waals surface area contributed by atoms with Gasteiger partial charge in [-0.2, -0.15) is 0 Å². The van der Waals surface area contributed by atoms with Gasteiger partial charge in [-0.3, -0.25) is 4.79 Å². The molecule has 5 nitrogen and oxygen atoms in total. The summed E-state index contributed by atoms with van der Waals surface area (Å²) in [7, 11) is 0. The first kappa shape index (κ1) is 17.5. The zero-order valence-electron chi connectivity index (χ0n) is 15.3. The molecule has 1 saturated heterocycles. The minimum absolute atomic E-state index is 0.121. The van der Waals surface area contributed by atoms with Crippen molar-refractivity contribution in [1.29, 1.82) is 0 Å². The minimum Gasteiger partial charge on any atom is -0.489 e. The highest BCUT2D eigenvalue weighted by molar-refractivity contribution is 6.04. The number of benzene rings is 2. The highest BCUT2D eigenvalue weighted by atomic mass is 16.5. The lowest BCUT2D eigenvalue weighted by atomic mass is 10.2. The van der Waals surface area contributed by atoms with E-state index in [9.17, 15) is 4.79 Å². The Morgan fingerprint density at radius 2 is 2.11 bits per heavy atom. The van der Waals surface area contributed by atoms with Crippen LogP contribution in [-0.2, 0) is 4.74 Å². The molecule has 0 aliphatic carbocycles. The largest absolute Gasteiger partial charge is 0.489 e. The highest BCUT2D eigenvalue weighted by Crippen LogP contribution is 2.27. The molecule has 0 radical (unpaired) electrons. The van der Waals surface area contributed by atoms with Gasteiger partial charge in [-0.1, -0.05) is 30.3 Å². The average molecular weight is 362 g/mol. The quantitative estimate of drug-likeness (QED) is 0.733. The molecule has 2 heterocycles. The summed E-state index contributed by atoms with van der Waals surface area (Å²) in [5.41, 5.74) is 2.88. The second kappa shape index (κ2) is 7.76. The van der Waals surface area contributed by atoms with E-state index >= 15 is 0 Å². The normalized spacial score (nSPS) is 16.4. The summed E-state index contributed by atoms with van der Waals surface area (Å²) in [5.74, 6) is 0.395. The Labute approximate surface area is 158 Å². The SMILES string of the molecule is Cc1ccc(NC(=O)c2ccc3ccccc3n2)c(OCC2CCCO2)c1. The van der Waals surface area contributed by atoms with Gasteiger partial charge >= 0.3 is 0 Å². The number of fused-ring (bicyclic) bond motifs is 1. The summed E-state index contributed by atoms with van der Waals surface area (Å²) in [5, 5.41) is 3.93. The fourth-order valence-corrected chi connectivity index (χ4v) is 3.19. The van der Waals surface area contributed by atoms with E-state index in [0.717, 1.165) is 35.9 Å². The molecule has 0 spiro atoms. The number of carbonyl (C=O) groups excluding carboxylic acids is 1. The van der Waals surface area contributed by atoms with E-state index in [4.69, 9.17) is 9.47 Å². The second-order valence-corrected chi connectivity index (χ2v) is 6.79. The molecule has 1 amide bonds. The molecule has 2 aromatic carbocycles. The van der Waals surface area contributed by atoms with E-state index in [1.165, 1.54) is 0 Å². The Hall–Kier alpha value is -2.92. The summed E-state index contributed by atoms with van der Waals surface area (Å²) in [6.07, 6.45) is 2.20. The molecule has 27 heavy (non-hydrogen) atoms. The van der Waals surface area contributed by atoms with Crippen LogP contribution in [0, 0.1) is 6.92 Å². The molecule has 1 unspecified atom stereocenters. The summed E-state index contributed by atoms with van der Waals surface area (Å²) in [4.78, 5) is 17.2. The van der Waals surface area contributed by atoms with Crippen LogP contribution >= 0.6 is 0 Å². The maximum atomic E-state index is 12.7. The molecule has 4 rings (SSSR count). The van der Waals surface area contributed by atoms with Gasteiger partial charge in [-0.15, -0.1) is 0 Å². The van der Waals surface area contributed by atoms with Crippen LogP contribution in [0.3, 0.4) is 0 Å². The van der Waals surface area contributed by atoms with Crippen LogP contribution in [0.2, 0.25) is 0 Å². The van der Waals surface area contributed by atoms with Crippen molar-refractivity contribution in [2.24, 2.45) is 0 Å². The minimum atomic E-state index is -0.258. The van der Waals surface area contributed by atoms with Gasteiger partial charge in [0, 0.05) is 12.0 Å². The second-order valence-electron chi connectivity index (χ2n) is 6.79. The number of pyridine rings is 1. The van der Waals surface area contributed by atoms with Gasteiger partial charge in [-0.05, 0) is 49.6 Å². The first-order chi connectivity index (χ1) is 13.2. The van der Waals surface area contributed by atoms with E-state index in [2.05, 4.69) is 10.3 Å². The van der Waals surface area contributed by atoms with Crippen LogP contribution in [-0.4, -0.2) is 30.2 Å². The summed E-state index contributed by atoms with van der Waals surface area (Å²) in [6.45, 7) is 3.27. The van der Waals surface area contributed by atoms with E-state index in [1.807, 2.05) is 55.5 Å². The summed E-state index contributed by atoms with van der Waals surface area (Å²) < 4.78 is 11.6. The molecule has 1 atom stereocenters. The summed E-state index contributed by atoms with van der Waals surface area (Å²) >= 11 is 0. The molecule has 0 saturated carbocycles. The van der Waals surface area contributed by atoms with Crippen molar-refractivity contribution < 1.29 is 14.3 Å². The van der Waals surface area contributed by atoms with E-state index < -0.39 is 0 Å². The maximum Gasteiger partial charge on any atom is 0.274 e. The van der Waals surface area contributed by atoms with Crippen molar-refractivity contribution in [2.45, 2.75) is 25.9 Å². The molecular formula is C22H22N2O3. The van der Waals surface area contributed by atoms with Gasteiger partial charge in [0.1, 0.15) is 18.1 Å². The highest BCUT2D eigenvalue weighted by Gasteiger charge is 2.18. The smallest absolute Gasteiger partial charge is 0.274 e. The first-order valence-corrected chi connectivity index (χ1v) is 9.21. The number of hydrogen-bond donors (Lipinski definition) is 1. The number of para-hydroxylation sites is 1. The van der Waals surface area contributed by atoms with Crippen LogP contribution in [0.5, 0.6) is 5.75 Å². The fourth-order valence-electron chi connectivity index (χ4n) is 3.19. The number of nitrogens with one attached hydrogen (secondary N) is 1. The number of rotatable bonds is 5. The number of ether oxygens (including phenoxy) is 2. The van der Waals surface area contributed by atoms with Crippen molar-refractivity contribution in [3.63, 3.8) is 0 Å². The van der Waals surface area contributed by atoms with E-state index in [1.54, 1.807) is 6.07 Å². The molecular weight excluding hydrogens is 340 g/mol. The van der Waals surface area contributed by atoms with Crippen LogP contribution in [0.1, 0.15) is 28.9 Å². The van der Waals surface area contributed by atoms with Gasteiger partial charge in [0.05, 0.1) is 17.3 Å². The predicted molar refractivity (Wildman–Crippen MR) is 105 cm³/mol. The molecule has 138 valence electrons. The van der Waals surface area contributed by atoms with Gasteiger partial charge < -0.3 is 14.8 Å². The van der Waals surface area contributed by atoms with Crippen molar-refractivity contribution in [1.82, 2.24) is 4.98 Å². The number of aryl methyl sites for hydroxylation is 1. The third-order valence-electron chi connectivity index (χ3n) is 4.67. The van der Waals surface area contributed by atoms with Crippen LogP contribution in [0.4, 0.5) is 5.69 Å². The number of nitrogens with zero attached hydrogens (tertiary/aromatic N) is 1. The lowest BCUT2D eigenvalue weighted by Gasteiger charge is -2.16. The standard InChI is InChI=1S/C22H22N2O3/c1-15-8-10-19(21(13-15)27-14-17-6-4-12-26-17)24-22(25)20-11-9-16-5-2-3-7-18(16)23-20/h2-3,5,7-11,13,17H,4,6,12,14H2,1H3,(H,24,25). The molecule has 3 aromatic rings. The Bertz CT molecular complexity index is 965. The Morgan fingerprint density at radius 1 is 1.22 bits per heavy atom. The van der Waals surface area contributed by atoms with Crippen molar-refractivity contribution >= 4 is 22.5 Å². The number of anilines is 1.